The van der Waals surface area contributed by atoms with Crippen LogP contribution in [0.2, 0.25) is 5.15 Å². The van der Waals surface area contributed by atoms with Crippen LogP contribution in [0.5, 0.6) is 0 Å². The third-order valence-corrected chi connectivity index (χ3v) is 2.92. The van der Waals surface area contributed by atoms with Gasteiger partial charge >= 0.3 is 0 Å². The van der Waals surface area contributed by atoms with Gasteiger partial charge in [-0.25, -0.2) is 9.97 Å². The van der Waals surface area contributed by atoms with E-state index in [0.717, 1.165) is 25.2 Å². The van der Waals surface area contributed by atoms with E-state index < -0.39 is 0 Å². The Morgan fingerprint density at radius 2 is 2.41 bits per heavy atom. The molecule has 5 nitrogen and oxygen atoms in total. The number of rotatable bonds is 3. The van der Waals surface area contributed by atoms with Crippen molar-refractivity contribution in [1.29, 1.82) is 0 Å². The number of ether oxygens (including phenoxy) is 1. The van der Waals surface area contributed by atoms with Gasteiger partial charge in [-0.05, 0) is 12.8 Å². The predicted molar refractivity (Wildman–Crippen MR) is 65.2 cm³/mol. The Kier molecular flexibility index (Phi) is 4.15. The second-order valence-electron chi connectivity index (χ2n) is 4.14. The lowest BCUT2D eigenvalue weighted by molar-refractivity contribution is 0.153. The Morgan fingerprint density at radius 3 is 3.12 bits per heavy atom. The number of β-amino-alcohol motifs (C(OH)–C–C–N with tert-alkyl or cyclic N) is 1. The van der Waals surface area contributed by atoms with Crippen molar-refractivity contribution in [3.63, 3.8) is 0 Å². The highest BCUT2D eigenvalue weighted by Crippen LogP contribution is 2.20. The van der Waals surface area contributed by atoms with Gasteiger partial charge in [0, 0.05) is 26.3 Å². The molecule has 0 amide bonds. The molecule has 1 aliphatic rings. The predicted octanol–water partition coefficient (Wildman–Crippen LogP) is 1.24. The standard InChI is InChI=1S/C11H16ClN3O2/c1-17-7-10-13-9(12)5-11(14-10)15-4-2-3-8(16)6-15/h5,8,16H,2-4,6-7H2,1H3. The summed E-state index contributed by atoms with van der Waals surface area (Å²) in [5, 5.41) is 10.0. The van der Waals surface area contributed by atoms with Gasteiger partial charge in [-0.3, -0.25) is 0 Å². The molecule has 1 saturated heterocycles. The zero-order chi connectivity index (χ0) is 12.3. The summed E-state index contributed by atoms with van der Waals surface area (Å²) in [7, 11) is 1.59. The van der Waals surface area contributed by atoms with Crippen molar-refractivity contribution in [3.05, 3.63) is 17.0 Å². The van der Waals surface area contributed by atoms with Crippen molar-refractivity contribution in [2.45, 2.75) is 25.6 Å². The molecule has 1 fully saturated rings. The molecule has 1 unspecified atom stereocenters. The number of nitrogens with zero attached hydrogens (tertiary/aromatic N) is 3. The summed E-state index contributed by atoms with van der Waals surface area (Å²) in [5.74, 6) is 1.32. The second kappa shape index (κ2) is 5.62. The van der Waals surface area contributed by atoms with Gasteiger partial charge in [0.25, 0.3) is 0 Å². The van der Waals surface area contributed by atoms with Crippen molar-refractivity contribution in [2.24, 2.45) is 0 Å². The molecule has 0 saturated carbocycles. The summed E-state index contributed by atoms with van der Waals surface area (Å²) in [6, 6.07) is 1.72. The van der Waals surface area contributed by atoms with Gasteiger partial charge in [0.05, 0.1) is 6.10 Å². The van der Waals surface area contributed by atoms with E-state index >= 15 is 0 Å². The third-order valence-electron chi connectivity index (χ3n) is 2.72. The van der Waals surface area contributed by atoms with E-state index in [9.17, 15) is 5.11 Å². The van der Waals surface area contributed by atoms with Crippen molar-refractivity contribution in [1.82, 2.24) is 9.97 Å². The number of aliphatic hydroxyl groups is 1. The summed E-state index contributed by atoms with van der Waals surface area (Å²) < 4.78 is 4.99. The minimum atomic E-state index is -0.289. The van der Waals surface area contributed by atoms with E-state index in [1.54, 1.807) is 13.2 Å². The van der Waals surface area contributed by atoms with E-state index in [0.29, 0.717) is 24.1 Å². The molecule has 17 heavy (non-hydrogen) atoms. The van der Waals surface area contributed by atoms with Crippen molar-refractivity contribution < 1.29 is 9.84 Å². The monoisotopic (exact) mass is 257 g/mol. The molecular weight excluding hydrogens is 242 g/mol. The molecule has 2 rings (SSSR count). The SMILES string of the molecule is COCc1nc(Cl)cc(N2CCCC(O)C2)n1. The van der Waals surface area contributed by atoms with Crippen molar-refractivity contribution >= 4 is 17.4 Å². The molecule has 6 heteroatoms. The molecule has 1 N–H and O–H groups in total. The Balaban J connectivity index is 2.18. The maximum Gasteiger partial charge on any atom is 0.158 e. The van der Waals surface area contributed by atoms with Crippen LogP contribution in [0.15, 0.2) is 6.07 Å². The topological polar surface area (TPSA) is 58.5 Å². The molecule has 1 aromatic rings. The number of anilines is 1. The molecule has 1 atom stereocenters. The van der Waals surface area contributed by atoms with Crippen LogP contribution in [0.1, 0.15) is 18.7 Å². The van der Waals surface area contributed by atoms with Crippen LogP contribution in [0.25, 0.3) is 0 Å². The molecule has 2 heterocycles. The first kappa shape index (κ1) is 12.5. The van der Waals surface area contributed by atoms with Gasteiger partial charge in [0.1, 0.15) is 17.6 Å². The molecule has 94 valence electrons. The van der Waals surface area contributed by atoms with E-state index in [1.165, 1.54) is 0 Å². The van der Waals surface area contributed by atoms with Crippen LogP contribution < -0.4 is 4.90 Å². The summed E-state index contributed by atoms with van der Waals surface area (Å²) in [6.07, 6.45) is 1.52. The lowest BCUT2D eigenvalue weighted by atomic mass is 10.1. The van der Waals surface area contributed by atoms with Gasteiger partial charge in [0.15, 0.2) is 5.82 Å². The van der Waals surface area contributed by atoms with Gasteiger partial charge in [-0.1, -0.05) is 11.6 Å². The fourth-order valence-electron chi connectivity index (χ4n) is 1.97. The fraction of sp³-hybridized carbons (Fsp3) is 0.636. The Hall–Kier alpha value is -0.910. The van der Waals surface area contributed by atoms with Crippen LogP contribution in [-0.4, -0.2) is 41.4 Å². The fourth-order valence-corrected chi connectivity index (χ4v) is 2.17. The van der Waals surface area contributed by atoms with Gasteiger partial charge < -0.3 is 14.7 Å². The van der Waals surface area contributed by atoms with Crippen LogP contribution >= 0.6 is 11.6 Å². The maximum atomic E-state index is 9.64. The van der Waals surface area contributed by atoms with Crippen LogP contribution in [0.3, 0.4) is 0 Å². The minimum Gasteiger partial charge on any atom is -0.391 e. The van der Waals surface area contributed by atoms with Crippen LogP contribution in [0.4, 0.5) is 5.82 Å². The van der Waals surface area contributed by atoms with E-state index in [2.05, 4.69) is 9.97 Å². The normalized spacial score (nSPS) is 20.6. The number of hydrogen-bond acceptors (Lipinski definition) is 5. The highest BCUT2D eigenvalue weighted by molar-refractivity contribution is 6.29. The average Bonchev–Trinajstić information content (AvgIpc) is 2.28. The largest absolute Gasteiger partial charge is 0.391 e. The molecule has 0 aliphatic carbocycles. The van der Waals surface area contributed by atoms with E-state index in [1.807, 2.05) is 4.90 Å². The Bertz CT molecular complexity index is 389. The molecule has 0 bridgehead atoms. The summed E-state index contributed by atoms with van der Waals surface area (Å²) in [4.78, 5) is 10.5. The number of methoxy groups -OCH3 is 1. The maximum absolute atomic E-state index is 9.64. The first-order valence-corrected chi connectivity index (χ1v) is 6.02. The first-order valence-electron chi connectivity index (χ1n) is 5.64. The zero-order valence-corrected chi connectivity index (χ0v) is 10.5. The highest BCUT2D eigenvalue weighted by Gasteiger charge is 2.19. The van der Waals surface area contributed by atoms with Crippen LogP contribution in [-0.2, 0) is 11.3 Å². The van der Waals surface area contributed by atoms with Crippen molar-refractivity contribution in [2.75, 3.05) is 25.1 Å². The quantitative estimate of drug-likeness (QED) is 0.826. The third kappa shape index (κ3) is 3.28. The number of halogens is 1. The summed E-state index contributed by atoms with van der Waals surface area (Å²) >= 11 is 5.95. The van der Waals surface area contributed by atoms with Crippen molar-refractivity contribution in [3.8, 4) is 0 Å². The first-order chi connectivity index (χ1) is 8.19. The molecular formula is C11H16ClN3O2. The van der Waals surface area contributed by atoms with Gasteiger partial charge in [-0.15, -0.1) is 0 Å². The average molecular weight is 258 g/mol. The molecule has 1 aromatic heterocycles. The lowest BCUT2D eigenvalue weighted by Crippen LogP contribution is -2.38. The summed E-state index contributed by atoms with van der Waals surface area (Å²) in [5.41, 5.74) is 0. The number of piperidine rings is 1. The zero-order valence-electron chi connectivity index (χ0n) is 9.77. The second-order valence-corrected chi connectivity index (χ2v) is 4.53. The highest BCUT2D eigenvalue weighted by atomic mass is 35.5. The minimum absolute atomic E-state index is 0.289. The number of hydrogen-bond donors (Lipinski definition) is 1. The van der Waals surface area contributed by atoms with E-state index in [-0.39, 0.29) is 6.10 Å². The van der Waals surface area contributed by atoms with Crippen LogP contribution in [0, 0.1) is 0 Å². The van der Waals surface area contributed by atoms with Gasteiger partial charge in [-0.2, -0.15) is 0 Å². The molecule has 0 radical (unpaired) electrons. The summed E-state index contributed by atoms with van der Waals surface area (Å²) in [6.45, 7) is 1.82. The molecule has 1 aliphatic heterocycles. The van der Waals surface area contributed by atoms with E-state index in [4.69, 9.17) is 16.3 Å². The Labute approximate surface area is 105 Å². The molecule has 0 spiro atoms. The number of aliphatic hydroxyl groups excluding tert-OH is 1. The Morgan fingerprint density at radius 1 is 1.59 bits per heavy atom. The number of aromatic nitrogens is 2. The molecule has 0 aromatic carbocycles. The lowest BCUT2D eigenvalue weighted by Gasteiger charge is -2.31. The van der Waals surface area contributed by atoms with Gasteiger partial charge in [0.2, 0.25) is 0 Å². The smallest absolute Gasteiger partial charge is 0.158 e.